The number of nitrogens with one attached hydrogen (secondary N) is 3. The predicted molar refractivity (Wildman–Crippen MR) is 63.9 cm³/mol. The van der Waals surface area contributed by atoms with Crippen LogP contribution < -0.4 is 16.2 Å². The van der Waals surface area contributed by atoms with Crippen LogP contribution in [0.25, 0.3) is 0 Å². The number of piperidine rings is 1. The minimum atomic E-state index is -4.61. The maximum Gasteiger partial charge on any atom is 0.433 e. The van der Waals surface area contributed by atoms with Crippen molar-refractivity contribution in [3.05, 3.63) is 22.1 Å². The zero-order valence-electron chi connectivity index (χ0n) is 10.2. The van der Waals surface area contributed by atoms with Gasteiger partial charge in [-0.05, 0) is 31.8 Å². The fourth-order valence-corrected chi connectivity index (χ4v) is 2.01. The lowest BCUT2D eigenvalue weighted by Crippen LogP contribution is -2.31. The average Bonchev–Trinajstić information content (AvgIpc) is 2.36. The van der Waals surface area contributed by atoms with Gasteiger partial charge in [0.1, 0.15) is 0 Å². The van der Waals surface area contributed by atoms with E-state index in [9.17, 15) is 18.0 Å². The number of rotatable bonds is 3. The number of hydrogen-bond donors (Lipinski definition) is 3. The summed E-state index contributed by atoms with van der Waals surface area (Å²) < 4.78 is 37.5. The summed E-state index contributed by atoms with van der Waals surface area (Å²) in [5.74, 6) is 0.249. The molecule has 0 amide bonds. The molecule has 106 valence electrons. The van der Waals surface area contributed by atoms with E-state index in [4.69, 9.17) is 0 Å². The van der Waals surface area contributed by atoms with Crippen molar-refractivity contribution in [2.45, 2.75) is 19.0 Å². The molecule has 0 saturated carbocycles. The molecule has 2 rings (SSSR count). The van der Waals surface area contributed by atoms with Gasteiger partial charge in [0.15, 0.2) is 5.69 Å². The van der Waals surface area contributed by atoms with E-state index in [-0.39, 0.29) is 5.95 Å². The maximum atomic E-state index is 12.5. The Hall–Kier alpha value is -1.57. The summed E-state index contributed by atoms with van der Waals surface area (Å²) in [6, 6.07) is 0.454. The first kappa shape index (κ1) is 13.9. The van der Waals surface area contributed by atoms with Crippen LogP contribution in [0.3, 0.4) is 0 Å². The molecule has 3 N–H and O–H groups in total. The molecule has 5 nitrogen and oxygen atoms in total. The van der Waals surface area contributed by atoms with E-state index < -0.39 is 17.4 Å². The van der Waals surface area contributed by atoms with Crippen molar-refractivity contribution in [3.8, 4) is 0 Å². The molecule has 1 aromatic heterocycles. The van der Waals surface area contributed by atoms with E-state index >= 15 is 0 Å². The predicted octanol–water partition coefficient (Wildman–Crippen LogP) is 1.20. The van der Waals surface area contributed by atoms with Crippen LogP contribution in [0.1, 0.15) is 18.5 Å². The third kappa shape index (κ3) is 3.95. The lowest BCUT2D eigenvalue weighted by atomic mass is 9.98. The Balaban J connectivity index is 2.03. The van der Waals surface area contributed by atoms with Gasteiger partial charge < -0.3 is 10.6 Å². The van der Waals surface area contributed by atoms with Gasteiger partial charge in [0.05, 0.1) is 0 Å². The number of nitrogens with zero attached hydrogens (tertiary/aromatic N) is 1. The zero-order valence-corrected chi connectivity index (χ0v) is 10.2. The Morgan fingerprint density at radius 3 is 2.68 bits per heavy atom. The largest absolute Gasteiger partial charge is 0.433 e. The molecule has 0 radical (unpaired) electrons. The summed E-state index contributed by atoms with van der Waals surface area (Å²) in [5, 5.41) is 5.97. The molecular weight excluding hydrogens is 261 g/mol. The minimum absolute atomic E-state index is 0.127. The lowest BCUT2D eigenvalue weighted by Gasteiger charge is -2.22. The highest BCUT2D eigenvalue weighted by Gasteiger charge is 2.33. The summed E-state index contributed by atoms with van der Waals surface area (Å²) in [7, 11) is 0. The first-order valence-corrected chi connectivity index (χ1v) is 6.08. The first-order chi connectivity index (χ1) is 8.95. The minimum Gasteiger partial charge on any atom is -0.355 e. The van der Waals surface area contributed by atoms with Gasteiger partial charge in [0.25, 0.3) is 5.56 Å². The van der Waals surface area contributed by atoms with Gasteiger partial charge in [-0.1, -0.05) is 0 Å². The van der Waals surface area contributed by atoms with Crippen LogP contribution in [0.2, 0.25) is 0 Å². The van der Waals surface area contributed by atoms with Crippen LogP contribution in [0, 0.1) is 5.92 Å². The molecule has 1 saturated heterocycles. The van der Waals surface area contributed by atoms with Crippen LogP contribution in [0.4, 0.5) is 19.1 Å². The van der Waals surface area contributed by atoms with Crippen LogP contribution in [-0.2, 0) is 6.18 Å². The molecule has 1 aliphatic rings. The molecule has 0 aromatic carbocycles. The molecule has 0 spiro atoms. The van der Waals surface area contributed by atoms with Gasteiger partial charge in [-0.3, -0.25) is 9.78 Å². The summed E-state index contributed by atoms with van der Waals surface area (Å²) in [6.45, 7) is 2.31. The molecular formula is C11H15F3N4O. The van der Waals surface area contributed by atoms with E-state index in [2.05, 4.69) is 20.6 Å². The van der Waals surface area contributed by atoms with Crippen molar-refractivity contribution in [2.75, 3.05) is 25.0 Å². The Bertz CT molecular complexity index is 480. The van der Waals surface area contributed by atoms with Gasteiger partial charge in [0.2, 0.25) is 5.95 Å². The molecule has 1 aliphatic heterocycles. The fraction of sp³-hybridized carbons (Fsp3) is 0.636. The van der Waals surface area contributed by atoms with Crippen LogP contribution in [0.5, 0.6) is 0 Å². The van der Waals surface area contributed by atoms with Crippen LogP contribution in [-0.4, -0.2) is 29.6 Å². The van der Waals surface area contributed by atoms with Gasteiger partial charge >= 0.3 is 6.18 Å². The fourth-order valence-electron chi connectivity index (χ4n) is 2.01. The molecule has 0 aliphatic carbocycles. The van der Waals surface area contributed by atoms with Gasteiger partial charge in [0, 0.05) is 12.6 Å². The van der Waals surface area contributed by atoms with E-state index in [0.29, 0.717) is 18.5 Å². The van der Waals surface area contributed by atoms with Gasteiger partial charge in [-0.2, -0.15) is 13.2 Å². The number of aromatic nitrogens is 2. The van der Waals surface area contributed by atoms with Crippen molar-refractivity contribution in [1.29, 1.82) is 0 Å². The zero-order chi connectivity index (χ0) is 13.9. The third-order valence-corrected chi connectivity index (χ3v) is 3.05. The highest BCUT2D eigenvalue weighted by Crippen LogP contribution is 2.26. The molecule has 0 unspecified atom stereocenters. The summed E-state index contributed by atoms with van der Waals surface area (Å²) in [6.07, 6.45) is -2.70. The van der Waals surface area contributed by atoms with Crippen molar-refractivity contribution in [1.82, 2.24) is 15.3 Å². The summed E-state index contributed by atoms with van der Waals surface area (Å²) in [5.41, 5.74) is -1.99. The van der Waals surface area contributed by atoms with Crippen LogP contribution in [0.15, 0.2) is 10.9 Å². The maximum absolute atomic E-state index is 12.5. The quantitative estimate of drug-likeness (QED) is 0.776. The van der Waals surface area contributed by atoms with E-state index in [1.165, 1.54) is 0 Å². The molecule has 2 heterocycles. The Labute approximate surface area is 107 Å². The Morgan fingerprint density at radius 1 is 1.37 bits per heavy atom. The van der Waals surface area contributed by atoms with Crippen molar-refractivity contribution >= 4 is 5.95 Å². The highest BCUT2D eigenvalue weighted by atomic mass is 19.4. The van der Waals surface area contributed by atoms with E-state index in [0.717, 1.165) is 25.9 Å². The monoisotopic (exact) mass is 276 g/mol. The number of hydrogen-bond acceptors (Lipinski definition) is 4. The topological polar surface area (TPSA) is 69.8 Å². The Morgan fingerprint density at radius 2 is 2.05 bits per heavy atom. The average molecular weight is 276 g/mol. The van der Waals surface area contributed by atoms with Gasteiger partial charge in [-0.25, -0.2) is 4.98 Å². The summed E-state index contributed by atoms with van der Waals surface area (Å²) >= 11 is 0. The van der Waals surface area contributed by atoms with Gasteiger partial charge in [-0.15, -0.1) is 0 Å². The molecule has 8 heteroatoms. The second-order valence-corrected chi connectivity index (χ2v) is 4.55. The lowest BCUT2D eigenvalue weighted by molar-refractivity contribution is -0.141. The number of halogens is 3. The standard InChI is InChI=1S/C11H15F3N4O/c12-11(13,14)8-5-9(19)18-10(17-8)16-6-7-1-3-15-4-2-7/h5,7,15H,1-4,6H2,(H2,16,17,18,19). The number of aromatic amines is 1. The van der Waals surface area contributed by atoms with Crippen molar-refractivity contribution in [2.24, 2.45) is 5.92 Å². The van der Waals surface area contributed by atoms with Crippen molar-refractivity contribution in [3.63, 3.8) is 0 Å². The molecule has 1 aromatic rings. The second kappa shape index (κ2) is 5.60. The molecule has 1 fully saturated rings. The molecule has 0 bridgehead atoms. The summed E-state index contributed by atoms with van der Waals surface area (Å²) in [4.78, 5) is 16.8. The third-order valence-electron chi connectivity index (χ3n) is 3.05. The van der Waals surface area contributed by atoms with E-state index in [1.54, 1.807) is 0 Å². The Kier molecular flexibility index (Phi) is 4.08. The first-order valence-electron chi connectivity index (χ1n) is 6.08. The number of alkyl halides is 3. The number of anilines is 1. The highest BCUT2D eigenvalue weighted by molar-refractivity contribution is 5.26. The van der Waals surface area contributed by atoms with E-state index in [1.807, 2.05) is 0 Å². The number of H-pyrrole nitrogens is 1. The second-order valence-electron chi connectivity index (χ2n) is 4.55. The van der Waals surface area contributed by atoms with Crippen LogP contribution >= 0.6 is 0 Å². The SMILES string of the molecule is O=c1cc(C(F)(F)F)nc(NCC2CCNCC2)[nH]1. The molecule has 0 atom stereocenters. The van der Waals surface area contributed by atoms with Crippen molar-refractivity contribution < 1.29 is 13.2 Å². The normalized spacial score (nSPS) is 17.4. The molecule has 19 heavy (non-hydrogen) atoms. The smallest absolute Gasteiger partial charge is 0.355 e.